The van der Waals surface area contributed by atoms with Gasteiger partial charge in [-0.2, -0.15) is 5.10 Å². The molecule has 1 amide bonds. The molecule has 1 aliphatic heterocycles. The standard InChI is InChI=1S/C21H18ClN3O4S/c1-30(27,28)24-17-10-6-14(7-11-17)18-13-19(20-3-2-12-29-20)25(23-18)21(26)15-4-8-16(22)9-5-15/h2-12,19,24H,13H2,1H3/t19-/m1/s1. The highest BCUT2D eigenvalue weighted by molar-refractivity contribution is 7.92. The predicted octanol–water partition coefficient (Wildman–Crippen LogP) is 4.30. The van der Waals surface area contributed by atoms with Gasteiger partial charge in [0.15, 0.2) is 0 Å². The first-order valence-electron chi connectivity index (χ1n) is 9.08. The minimum atomic E-state index is -3.36. The maximum atomic E-state index is 13.1. The second-order valence-corrected chi connectivity index (χ2v) is 9.08. The van der Waals surface area contributed by atoms with Crippen LogP contribution >= 0.6 is 11.6 Å². The van der Waals surface area contributed by atoms with Gasteiger partial charge in [-0.05, 0) is 54.1 Å². The van der Waals surface area contributed by atoms with Gasteiger partial charge in [-0.1, -0.05) is 23.7 Å². The molecule has 0 fully saturated rings. The van der Waals surface area contributed by atoms with E-state index in [2.05, 4.69) is 9.82 Å². The number of hydrogen-bond acceptors (Lipinski definition) is 5. The summed E-state index contributed by atoms with van der Waals surface area (Å²) in [7, 11) is -3.36. The van der Waals surface area contributed by atoms with Gasteiger partial charge >= 0.3 is 0 Å². The molecule has 0 radical (unpaired) electrons. The van der Waals surface area contributed by atoms with Crippen LogP contribution in [0.1, 0.15) is 34.1 Å². The summed E-state index contributed by atoms with van der Waals surface area (Å²) in [5.74, 6) is 0.366. The number of hydrazone groups is 1. The van der Waals surface area contributed by atoms with E-state index in [0.717, 1.165) is 11.8 Å². The molecule has 4 rings (SSSR count). The summed E-state index contributed by atoms with van der Waals surface area (Å²) in [6, 6.07) is 16.7. The topological polar surface area (TPSA) is 92.0 Å². The normalized spacial score (nSPS) is 16.4. The lowest BCUT2D eigenvalue weighted by Crippen LogP contribution is -2.26. The third-order valence-electron chi connectivity index (χ3n) is 4.60. The Morgan fingerprint density at radius 2 is 1.83 bits per heavy atom. The zero-order valence-corrected chi connectivity index (χ0v) is 17.5. The Hall–Kier alpha value is -3.10. The van der Waals surface area contributed by atoms with Crippen molar-refractivity contribution in [3.05, 3.63) is 88.8 Å². The quantitative estimate of drug-likeness (QED) is 0.636. The maximum Gasteiger partial charge on any atom is 0.274 e. The summed E-state index contributed by atoms with van der Waals surface area (Å²) in [6.45, 7) is 0. The molecule has 30 heavy (non-hydrogen) atoms. The molecule has 1 atom stereocenters. The average molecular weight is 444 g/mol. The number of nitrogens with one attached hydrogen (secondary N) is 1. The number of halogens is 1. The largest absolute Gasteiger partial charge is 0.467 e. The molecule has 0 bridgehead atoms. The number of hydrogen-bond donors (Lipinski definition) is 1. The van der Waals surface area contributed by atoms with Gasteiger partial charge in [0.2, 0.25) is 10.0 Å². The number of rotatable bonds is 5. The second kappa shape index (κ2) is 7.97. The highest BCUT2D eigenvalue weighted by Gasteiger charge is 2.35. The molecule has 2 heterocycles. The van der Waals surface area contributed by atoms with Crippen molar-refractivity contribution in [3.8, 4) is 0 Å². The van der Waals surface area contributed by atoms with Crippen LogP contribution in [0.3, 0.4) is 0 Å². The van der Waals surface area contributed by atoms with E-state index in [1.807, 2.05) is 6.07 Å². The average Bonchev–Trinajstić information content (AvgIpc) is 3.37. The van der Waals surface area contributed by atoms with Crippen LogP contribution in [0.5, 0.6) is 0 Å². The zero-order valence-electron chi connectivity index (χ0n) is 15.9. The van der Waals surface area contributed by atoms with Gasteiger partial charge in [0.25, 0.3) is 5.91 Å². The minimum Gasteiger partial charge on any atom is -0.467 e. The van der Waals surface area contributed by atoms with Gasteiger partial charge in [-0.25, -0.2) is 13.4 Å². The molecule has 9 heteroatoms. The Kier molecular flexibility index (Phi) is 5.36. The van der Waals surface area contributed by atoms with Crippen LogP contribution in [0.25, 0.3) is 0 Å². The zero-order chi connectivity index (χ0) is 21.3. The van der Waals surface area contributed by atoms with Crippen molar-refractivity contribution in [2.24, 2.45) is 5.10 Å². The third-order valence-corrected chi connectivity index (χ3v) is 5.46. The second-order valence-electron chi connectivity index (χ2n) is 6.89. The smallest absolute Gasteiger partial charge is 0.274 e. The molecular formula is C21H18ClN3O4S. The molecule has 1 aromatic heterocycles. The molecule has 0 spiro atoms. The van der Waals surface area contributed by atoms with E-state index >= 15 is 0 Å². The molecule has 0 aliphatic carbocycles. The van der Waals surface area contributed by atoms with E-state index in [1.54, 1.807) is 60.9 Å². The van der Waals surface area contributed by atoms with Gasteiger partial charge in [0.1, 0.15) is 11.8 Å². The highest BCUT2D eigenvalue weighted by Crippen LogP contribution is 2.34. The fraction of sp³-hybridized carbons (Fsp3) is 0.143. The number of furan rings is 1. The van der Waals surface area contributed by atoms with Crippen molar-refractivity contribution in [1.29, 1.82) is 0 Å². The molecular weight excluding hydrogens is 426 g/mol. The highest BCUT2D eigenvalue weighted by atomic mass is 35.5. The van der Waals surface area contributed by atoms with Crippen molar-refractivity contribution in [3.63, 3.8) is 0 Å². The lowest BCUT2D eigenvalue weighted by atomic mass is 10.0. The molecule has 7 nitrogen and oxygen atoms in total. The molecule has 154 valence electrons. The first kappa shape index (κ1) is 20.2. The summed E-state index contributed by atoms with van der Waals surface area (Å²) in [5, 5.41) is 6.53. The molecule has 2 aromatic carbocycles. The Morgan fingerprint density at radius 3 is 2.43 bits per heavy atom. The SMILES string of the molecule is CS(=O)(=O)Nc1ccc(C2=NN(C(=O)c3ccc(Cl)cc3)[C@@H](c3ccco3)C2)cc1. The molecule has 0 unspecified atom stereocenters. The number of benzene rings is 2. The summed E-state index contributed by atoms with van der Waals surface area (Å²) in [5.41, 5.74) is 2.41. The first-order chi connectivity index (χ1) is 14.3. The van der Waals surface area contributed by atoms with Crippen molar-refractivity contribution < 1.29 is 17.6 Å². The number of nitrogens with zero attached hydrogens (tertiary/aromatic N) is 2. The van der Waals surface area contributed by atoms with Crippen LogP contribution in [0, 0.1) is 0 Å². The van der Waals surface area contributed by atoms with E-state index in [1.165, 1.54) is 5.01 Å². The molecule has 1 N–H and O–H groups in total. The third kappa shape index (κ3) is 4.39. The van der Waals surface area contributed by atoms with Crippen LogP contribution in [-0.2, 0) is 10.0 Å². The van der Waals surface area contributed by atoms with Crippen molar-refractivity contribution in [1.82, 2.24) is 5.01 Å². The number of carbonyl (C=O) groups excluding carboxylic acids is 1. The van der Waals surface area contributed by atoms with Crippen LogP contribution in [0.2, 0.25) is 5.02 Å². The number of sulfonamides is 1. The molecule has 1 aliphatic rings. The summed E-state index contributed by atoms with van der Waals surface area (Å²) >= 11 is 5.93. The van der Waals surface area contributed by atoms with Gasteiger partial charge in [-0.3, -0.25) is 9.52 Å². The van der Waals surface area contributed by atoms with E-state index in [-0.39, 0.29) is 11.9 Å². The number of amides is 1. The number of anilines is 1. The van der Waals surface area contributed by atoms with Gasteiger partial charge in [-0.15, -0.1) is 0 Å². The lowest BCUT2D eigenvalue weighted by Gasteiger charge is -2.19. The van der Waals surface area contributed by atoms with Gasteiger partial charge in [0.05, 0.1) is 18.2 Å². The fourth-order valence-corrected chi connectivity index (χ4v) is 3.93. The molecule has 0 saturated heterocycles. The number of carbonyl (C=O) groups is 1. The van der Waals surface area contributed by atoms with Gasteiger partial charge in [0, 0.05) is 22.7 Å². The Labute approximate surface area is 179 Å². The van der Waals surface area contributed by atoms with E-state index in [4.69, 9.17) is 16.0 Å². The predicted molar refractivity (Wildman–Crippen MR) is 115 cm³/mol. The molecule has 0 saturated carbocycles. The Balaban J connectivity index is 1.65. The van der Waals surface area contributed by atoms with Crippen LogP contribution in [0.4, 0.5) is 5.69 Å². The Bertz CT molecular complexity index is 1190. The minimum absolute atomic E-state index is 0.265. The lowest BCUT2D eigenvalue weighted by molar-refractivity contribution is 0.0693. The summed E-state index contributed by atoms with van der Waals surface area (Å²) in [6.07, 6.45) is 3.12. The van der Waals surface area contributed by atoms with Crippen LogP contribution < -0.4 is 4.72 Å². The van der Waals surface area contributed by atoms with Crippen LogP contribution in [0.15, 0.2) is 76.4 Å². The van der Waals surface area contributed by atoms with Crippen molar-refractivity contribution >= 4 is 38.9 Å². The first-order valence-corrected chi connectivity index (χ1v) is 11.4. The molecule has 3 aromatic rings. The maximum absolute atomic E-state index is 13.1. The fourth-order valence-electron chi connectivity index (χ4n) is 3.24. The van der Waals surface area contributed by atoms with Crippen LogP contribution in [-0.4, -0.2) is 31.3 Å². The van der Waals surface area contributed by atoms with Gasteiger partial charge < -0.3 is 4.42 Å². The van der Waals surface area contributed by atoms with Crippen molar-refractivity contribution in [2.45, 2.75) is 12.5 Å². The van der Waals surface area contributed by atoms with E-state index in [0.29, 0.717) is 34.2 Å². The van der Waals surface area contributed by atoms with E-state index < -0.39 is 10.0 Å². The monoisotopic (exact) mass is 443 g/mol. The Morgan fingerprint density at radius 1 is 1.13 bits per heavy atom. The summed E-state index contributed by atoms with van der Waals surface area (Å²) < 4.78 is 30.8. The van der Waals surface area contributed by atoms with Crippen molar-refractivity contribution in [2.75, 3.05) is 11.0 Å². The van der Waals surface area contributed by atoms with E-state index in [9.17, 15) is 13.2 Å². The summed E-state index contributed by atoms with van der Waals surface area (Å²) in [4.78, 5) is 13.1.